The fraction of sp³-hybridized carbons (Fsp3) is 0.353. The van der Waals surface area contributed by atoms with Crippen LogP contribution in [-0.2, 0) is 28.6 Å². The van der Waals surface area contributed by atoms with E-state index in [2.05, 4.69) is 27.1 Å². The van der Waals surface area contributed by atoms with Crippen molar-refractivity contribution in [3.8, 4) is 0 Å². The Hall–Kier alpha value is -1.20. The second kappa shape index (κ2) is 10.8. The number of hydrogen-bond donors (Lipinski definition) is 2. The Morgan fingerprint density at radius 2 is 2.00 bits per heavy atom. The Morgan fingerprint density at radius 1 is 1.23 bits per heavy atom. The smallest absolute Gasteiger partial charge is 0.191 e. The van der Waals surface area contributed by atoms with Crippen LogP contribution in [0.2, 0.25) is 0 Å². The summed E-state index contributed by atoms with van der Waals surface area (Å²) >= 11 is 1.66. The fourth-order valence-corrected chi connectivity index (χ4v) is 3.89. The summed E-state index contributed by atoms with van der Waals surface area (Å²) in [6.07, 6.45) is 2.04. The highest BCUT2D eigenvalue weighted by Gasteiger charge is 2.11. The molecule has 1 aromatic carbocycles. The molecule has 0 unspecified atom stereocenters. The first-order chi connectivity index (χ1) is 11.9. The molecule has 0 atom stereocenters. The maximum atomic E-state index is 13.5. The largest absolute Gasteiger partial charge is 0.356 e. The summed E-state index contributed by atoms with van der Waals surface area (Å²) in [4.78, 5) is 4.13. The zero-order valence-corrected chi connectivity index (χ0v) is 18.6. The quantitative estimate of drug-likeness (QED) is 0.341. The maximum absolute atomic E-state index is 13.5. The third kappa shape index (κ3) is 8.00. The van der Waals surface area contributed by atoms with Crippen LogP contribution in [-0.4, -0.2) is 34.2 Å². The molecule has 0 bridgehead atoms. The van der Waals surface area contributed by atoms with E-state index in [1.807, 2.05) is 5.38 Å². The molecule has 0 fully saturated rings. The van der Waals surface area contributed by atoms with Crippen LogP contribution in [0, 0.1) is 5.82 Å². The molecule has 0 aliphatic heterocycles. The highest BCUT2D eigenvalue weighted by molar-refractivity contribution is 14.0. The van der Waals surface area contributed by atoms with Crippen molar-refractivity contribution in [2.75, 3.05) is 19.8 Å². The van der Waals surface area contributed by atoms with Gasteiger partial charge in [0.25, 0.3) is 0 Å². The second-order valence-electron chi connectivity index (χ2n) is 5.72. The van der Waals surface area contributed by atoms with E-state index in [4.69, 9.17) is 0 Å². The molecule has 2 aromatic rings. The van der Waals surface area contributed by atoms with Gasteiger partial charge in [0.15, 0.2) is 15.8 Å². The number of guanidine groups is 1. The van der Waals surface area contributed by atoms with Crippen molar-refractivity contribution >= 4 is 51.1 Å². The first-order valence-electron chi connectivity index (χ1n) is 7.78. The number of halogens is 2. The molecular formula is C17H23FIN3O2S2. The molecule has 0 radical (unpaired) electrons. The van der Waals surface area contributed by atoms with Crippen LogP contribution in [0.25, 0.3) is 0 Å². The summed E-state index contributed by atoms with van der Waals surface area (Å²) in [5.41, 5.74) is 2.45. The Kier molecular flexibility index (Phi) is 9.51. The van der Waals surface area contributed by atoms with Gasteiger partial charge in [0.05, 0.1) is 5.75 Å². The van der Waals surface area contributed by atoms with Gasteiger partial charge in [0.2, 0.25) is 0 Å². The monoisotopic (exact) mass is 511 g/mol. The Labute approximate surface area is 175 Å². The number of hydrogen-bond acceptors (Lipinski definition) is 4. The predicted molar refractivity (Wildman–Crippen MR) is 117 cm³/mol. The molecule has 0 saturated heterocycles. The zero-order valence-electron chi connectivity index (χ0n) is 14.7. The minimum absolute atomic E-state index is 0. The van der Waals surface area contributed by atoms with Gasteiger partial charge < -0.3 is 10.6 Å². The molecule has 2 rings (SSSR count). The van der Waals surface area contributed by atoms with Gasteiger partial charge in [-0.1, -0.05) is 6.07 Å². The predicted octanol–water partition coefficient (Wildman–Crippen LogP) is 2.96. The van der Waals surface area contributed by atoms with Crippen molar-refractivity contribution in [2.45, 2.75) is 18.7 Å². The lowest BCUT2D eigenvalue weighted by Gasteiger charge is -2.14. The van der Waals surface area contributed by atoms with E-state index in [1.54, 1.807) is 18.4 Å². The van der Waals surface area contributed by atoms with E-state index in [0.29, 0.717) is 23.6 Å². The average molecular weight is 511 g/mol. The van der Waals surface area contributed by atoms with Crippen molar-refractivity contribution in [3.05, 3.63) is 57.5 Å². The third-order valence-corrected chi connectivity index (χ3v) is 5.11. The molecular weight excluding hydrogens is 488 g/mol. The number of aliphatic imine (C=N–C) groups is 1. The van der Waals surface area contributed by atoms with E-state index >= 15 is 0 Å². The van der Waals surface area contributed by atoms with Gasteiger partial charge in [-0.05, 0) is 52.1 Å². The molecule has 9 heteroatoms. The summed E-state index contributed by atoms with van der Waals surface area (Å²) in [5.74, 6) is 0.0772. The van der Waals surface area contributed by atoms with Gasteiger partial charge in [-0.15, -0.1) is 24.0 Å². The molecule has 1 aromatic heterocycles. The Bertz CT molecular complexity index is 825. The van der Waals surface area contributed by atoms with E-state index in [9.17, 15) is 12.8 Å². The normalized spacial score (nSPS) is 11.7. The van der Waals surface area contributed by atoms with Crippen molar-refractivity contribution in [1.29, 1.82) is 0 Å². The topological polar surface area (TPSA) is 70.6 Å². The van der Waals surface area contributed by atoms with Crippen LogP contribution in [0.3, 0.4) is 0 Å². The lowest BCUT2D eigenvalue weighted by Crippen LogP contribution is -2.38. The molecule has 0 spiro atoms. The Balaban J connectivity index is 0.00000338. The molecule has 2 N–H and O–H groups in total. The van der Waals surface area contributed by atoms with Crippen LogP contribution < -0.4 is 10.6 Å². The summed E-state index contributed by atoms with van der Waals surface area (Å²) in [6, 6.07) is 6.22. The van der Waals surface area contributed by atoms with E-state index in [0.717, 1.165) is 13.0 Å². The Morgan fingerprint density at radius 3 is 2.62 bits per heavy atom. The van der Waals surface area contributed by atoms with Crippen molar-refractivity contribution in [3.63, 3.8) is 0 Å². The van der Waals surface area contributed by atoms with Gasteiger partial charge in [-0.3, -0.25) is 4.99 Å². The highest BCUT2D eigenvalue weighted by atomic mass is 127. The van der Waals surface area contributed by atoms with Crippen molar-refractivity contribution < 1.29 is 12.8 Å². The second-order valence-corrected chi connectivity index (χ2v) is 8.64. The van der Waals surface area contributed by atoms with E-state index < -0.39 is 15.7 Å². The summed E-state index contributed by atoms with van der Waals surface area (Å²) in [6.45, 7) is 1.01. The molecule has 26 heavy (non-hydrogen) atoms. The number of thiophene rings is 1. The zero-order chi connectivity index (χ0) is 18.3. The van der Waals surface area contributed by atoms with Gasteiger partial charge >= 0.3 is 0 Å². The van der Waals surface area contributed by atoms with Gasteiger partial charge in [0, 0.05) is 26.4 Å². The van der Waals surface area contributed by atoms with E-state index in [1.165, 1.54) is 30.0 Å². The first kappa shape index (κ1) is 22.8. The number of rotatable bonds is 7. The van der Waals surface area contributed by atoms with Crippen LogP contribution in [0.4, 0.5) is 4.39 Å². The summed E-state index contributed by atoms with van der Waals surface area (Å²) < 4.78 is 36.6. The number of nitrogens with one attached hydrogen (secondary N) is 2. The maximum Gasteiger partial charge on any atom is 0.191 e. The third-order valence-electron chi connectivity index (χ3n) is 3.54. The van der Waals surface area contributed by atoms with Crippen LogP contribution >= 0.6 is 35.3 Å². The lowest BCUT2D eigenvalue weighted by molar-refractivity contribution is 0.599. The van der Waals surface area contributed by atoms with E-state index in [-0.39, 0.29) is 29.7 Å². The molecule has 144 valence electrons. The SMILES string of the molecule is CN=C(NCCc1ccsc1)NCc1cc(F)ccc1CS(C)(=O)=O.I. The number of benzene rings is 1. The average Bonchev–Trinajstić information content (AvgIpc) is 3.05. The van der Waals surface area contributed by atoms with Gasteiger partial charge in [0.1, 0.15) is 5.82 Å². The lowest BCUT2D eigenvalue weighted by atomic mass is 10.1. The fourth-order valence-electron chi connectivity index (χ4n) is 2.34. The summed E-state index contributed by atoms with van der Waals surface area (Å²) in [5, 5.41) is 10.4. The molecule has 0 amide bonds. The van der Waals surface area contributed by atoms with Gasteiger partial charge in [-0.2, -0.15) is 11.3 Å². The molecule has 0 aliphatic rings. The van der Waals surface area contributed by atoms with Crippen LogP contribution in [0.5, 0.6) is 0 Å². The van der Waals surface area contributed by atoms with Gasteiger partial charge in [-0.25, -0.2) is 12.8 Å². The van der Waals surface area contributed by atoms with Crippen molar-refractivity contribution in [1.82, 2.24) is 10.6 Å². The van der Waals surface area contributed by atoms with Crippen LogP contribution in [0.15, 0.2) is 40.0 Å². The molecule has 0 aliphatic carbocycles. The number of nitrogens with zero attached hydrogens (tertiary/aromatic N) is 1. The van der Waals surface area contributed by atoms with Crippen LogP contribution in [0.1, 0.15) is 16.7 Å². The highest BCUT2D eigenvalue weighted by Crippen LogP contribution is 2.14. The molecule has 5 nitrogen and oxygen atoms in total. The minimum Gasteiger partial charge on any atom is -0.356 e. The van der Waals surface area contributed by atoms with Crippen molar-refractivity contribution in [2.24, 2.45) is 4.99 Å². The molecule has 0 saturated carbocycles. The minimum atomic E-state index is -3.19. The standard InChI is InChI=1S/C17H22FN3O2S2.HI/c1-19-17(20-7-5-13-6-8-24-11-13)21-10-15-9-16(18)4-3-14(15)12-25(2,22)23;/h3-4,6,8-9,11H,5,7,10,12H2,1-2H3,(H2,19,20,21);1H. The first-order valence-corrected chi connectivity index (χ1v) is 10.8. The summed E-state index contributed by atoms with van der Waals surface area (Å²) in [7, 11) is -1.54. The number of sulfone groups is 1. The molecule has 1 heterocycles.